The fraction of sp³-hybridized carbons (Fsp3) is 0.385. The summed E-state index contributed by atoms with van der Waals surface area (Å²) in [6, 6.07) is 8.79. The van der Waals surface area contributed by atoms with E-state index in [1.54, 1.807) is 12.7 Å². The van der Waals surface area contributed by atoms with Gasteiger partial charge in [-0.25, -0.2) is 0 Å². The van der Waals surface area contributed by atoms with E-state index in [0.717, 1.165) is 18.7 Å². The predicted molar refractivity (Wildman–Crippen MR) is 68.1 cm³/mol. The maximum absolute atomic E-state index is 3.82. The molecule has 0 saturated carbocycles. The minimum Gasteiger partial charge on any atom is -0.310 e. The Balaban J connectivity index is 2.17. The van der Waals surface area contributed by atoms with E-state index in [2.05, 4.69) is 53.6 Å². The summed E-state index contributed by atoms with van der Waals surface area (Å²) in [5.74, 6) is 0. The summed E-state index contributed by atoms with van der Waals surface area (Å²) in [5.41, 5.74) is 2.38. The Bertz CT molecular complexity index is 450. The SMILES string of the molecule is CCCNC(C)c1cccc(-n2cnnc2)c1. The Kier molecular flexibility index (Phi) is 3.88. The number of rotatable bonds is 5. The van der Waals surface area contributed by atoms with Crippen LogP contribution < -0.4 is 5.32 Å². The van der Waals surface area contributed by atoms with Crippen molar-refractivity contribution in [2.24, 2.45) is 0 Å². The van der Waals surface area contributed by atoms with Crippen molar-refractivity contribution in [3.63, 3.8) is 0 Å². The molecule has 1 aromatic heterocycles. The molecular formula is C13H18N4. The summed E-state index contributed by atoms with van der Waals surface area (Å²) in [6.45, 7) is 5.40. The van der Waals surface area contributed by atoms with E-state index in [-0.39, 0.29) is 0 Å². The molecule has 90 valence electrons. The average Bonchev–Trinajstić information content (AvgIpc) is 2.90. The molecule has 0 bridgehead atoms. The van der Waals surface area contributed by atoms with Crippen molar-refractivity contribution in [2.75, 3.05) is 6.54 Å². The minimum absolute atomic E-state index is 0.367. The number of hydrogen-bond acceptors (Lipinski definition) is 3. The van der Waals surface area contributed by atoms with Gasteiger partial charge in [0.15, 0.2) is 0 Å². The lowest BCUT2D eigenvalue weighted by atomic mass is 10.1. The van der Waals surface area contributed by atoms with E-state index in [0.29, 0.717) is 6.04 Å². The standard InChI is InChI=1S/C13H18N4/c1-3-7-14-11(2)12-5-4-6-13(8-12)17-9-15-16-10-17/h4-6,8-11,14H,3,7H2,1-2H3. The van der Waals surface area contributed by atoms with Crippen molar-refractivity contribution in [2.45, 2.75) is 26.3 Å². The van der Waals surface area contributed by atoms with Crippen LogP contribution in [0.4, 0.5) is 0 Å². The highest BCUT2D eigenvalue weighted by molar-refractivity contribution is 5.36. The maximum atomic E-state index is 3.82. The number of benzene rings is 1. The molecule has 17 heavy (non-hydrogen) atoms. The molecule has 1 atom stereocenters. The topological polar surface area (TPSA) is 42.7 Å². The third kappa shape index (κ3) is 2.91. The van der Waals surface area contributed by atoms with Crippen molar-refractivity contribution in [3.8, 4) is 5.69 Å². The van der Waals surface area contributed by atoms with Gasteiger partial charge in [0.25, 0.3) is 0 Å². The van der Waals surface area contributed by atoms with E-state index in [9.17, 15) is 0 Å². The molecule has 0 saturated heterocycles. The first kappa shape index (κ1) is 11.8. The zero-order valence-electron chi connectivity index (χ0n) is 10.3. The first-order valence-corrected chi connectivity index (χ1v) is 5.99. The van der Waals surface area contributed by atoms with Gasteiger partial charge in [0.2, 0.25) is 0 Å². The highest BCUT2D eigenvalue weighted by Gasteiger charge is 2.05. The van der Waals surface area contributed by atoms with Gasteiger partial charge in [0.1, 0.15) is 12.7 Å². The zero-order valence-corrected chi connectivity index (χ0v) is 10.3. The molecule has 0 radical (unpaired) electrons. The summed E-state index contributed by atoms with van der Waals surface area (Å²) < 4.78 is 1.91. The summed E-state index contributed by atoms with van der Waals surface area (Å²) in [5, 5.41) is 11.1. The van der Waals surface area contributed by atoms with Crippen LogP contribution in [-0.4, -0.2) is 21.3 Å². The maximum Gasteiger partial charge on any atom is 0.123 e. The number of nitrogens with zero attached hydrogens (tertiary/aromatic N) is 3. The second-order valence-corrected chi connectivity index (χ2v) is 4.14. The van der Waals surface area contributed by atoms with Gasteiger partial charge in [0, 0.05) is 11.7 Å². The van der Waals surface area contributed by atoms with E-state index < -0.39 is 0 Å². The Morgan fingerprint density at radius 3 is 2.76 bits per heavy atom. The van der Waals surface area contributed by atoms with Gasteiger partial charge in [-0.15, -0.1) is 10.2 Å². The Labute approximate surface area is 102 Å². The first-order chi connectivity index (χ1) is 8.31. The highest BCUT2D eigenvalue weighted by atomic mass is 15.2. The Morgan fingerprint density at radius 2 is 2.06 bits per heavy atom. The lowest BCUT2D eigenvalue weighted by Crippen LogP contribution is -2.19. The van der Waals surface area contributed by atoms with Crippen LogP contribution in [0, 0.1) is 0 Å². The third-order valence-electron chi connectivity index (χ3n) is 2.79. The molecule has 1 aromatic carbocycles. The molecule has 1 unspecified atom stereocenters. The number of hydrogen-bond donors (Lipinski definition) is 1. The normalized spacial score (nSPS) is 12.6. The summed E-state index contributed by atoms with van der Waals surface area (Å²) >= 11 is 0. The van der Waals surface area contributed by atoms with Gasteiger partial charge in [-0.05, 0) is 37.6 Å². The lowest BCUT2D eigenvalue weighted by molar-refractivity contribution is 0.570. The summed E-state index contributed by atoms with van der Waals surface area (Å²) in [6.07, 6.45) is 4.57. The van der Waals surface area contributed by atoms with Gasteiger partial charge in [-0.1, -0.05) is 19.1 Å². The fourth-order valence-electron chi connectivity index (χ4n) is 1.77. The molecule has 0 amide bonds. The molecule has 4 heteroatoms. The fourth-order valence-corrected chi connectivity index (χ4v) is 1.77. The quantitative estimate of drug-likeness (QED) is 0.857. The van der Waals surface area contributed by atoms with Crippen molar-refractivity contribution in [3.05, 3.63) is 42.5 Å². The van der Waals surface area contributed by atoms with Crippen LogP contribution in [0.2, 0.25) is 0 Å². The van der Waals surface area contributed by atoms with Gasteiger partial charge in [-0.2, -0.15) is 0 Å². The average molecular weight is 230 g/mol. The van der Waals surface area contributed by atoms with Crippen LogP contribution >= 0.6 is 0 Å². The van der Waals surface area contributed by atoms with Crippen LogP contribution in [0.25, 0.3) is 5.69 Å². The monoisotopic (exact) mass is 230 g/mol. The molecule has 4 nitrogen and oxygen atoms in total. The van der Waals surface area contributed by atoms with Gasteiger partial charge < -0.3 is 5.32 Å². The molecule has 0 aliphatic carbocycles. The Hall–Kier alpha value is -1.68. The molecule has 0 aliphatic heterocycles. The smallest absolute Gasteiger partial charge is 0.123 e. The second kappa shape index (κ2) is 5.59. The van der Waals surface area contributed by atoms with E-state index in [1.165, 1.54) is 5.56 Å². The van der Waals surface area contributed by atoms with Gasteiger partial charge >= 0.3 is 0 Å². The second-order valence-electron chi connectivity index (χ2n) is 4.14. The van der Waals surface area contributed by atoms with Gasteiger partial charge in [-0.3, -0.25) is 4.57 Å². The molecular weight excluding hydrogens is 212 g/mol. The molecule has 1 N–H and O–H groups in total. The van der Waals surface area contributed by atoms with Crippen molar-refractivity contribution >= 4 is 0 Å². The first-order valence-electron chi connectivity index (χ1n) is 5.99. The van der Waals surface area contributed by atoms with Crippen LogP contribution in [0.3, 0.4) is 0 Å². The molecule has 0 fully saturated rings. The largest absolute Gasteiger partial charge is 0.310 e. The van der Waals surface area contributed by atoms with Crippen molar-refractivity contribution in [1.82, 2.24) is 20.1 Å². The highest BCUT2D eigenvalue weighted by Crippen LogP contribution is 2.16. The predicted octanol–water partition coefficient (Wildman–Crippen LogP) is 2.33. The Morgan fingerprint density at radius 1 is 1.29 bits per heavy atom. The van der Waals surface area contributed by atoms with Crippen LogP contribution in [0.1, 0.15) is 31.9 Å². The molecule has 2 aromatic rings. The molecule has 2 rings (SSSR count). The third-order valence-corrected chi connectivity index (χ3v) is 2.79. The lowest BCUT2D eigenvalue weighted by Gasteiger charge is -2.14. The van der Waals surface area contributed by atoms with E-state index >= 15 is 0 Å². The van der Waals surface area contributed by atoms with Crippen LogP contribution in [0.15, 0.2) is 36.9 Å². The van der Waals surface area contributed by atoms with Crippen molar-refractivity contribution < 1.29 is 0 Å². The number of aromatic nitrogens is 3. The summed E-state index contributed by atoms with van der Waals surface area (Å²) in [4.78, 5) is 0. The minimum atomic E-state index is 0.367. The summed E-state index contributed by atoms with van der Waals surface area (Å²) in [7, 11) is 0. The van der Waals surface area contributed by atoms with E-state index in [4.69, 9.17) is 0 Å². The van der Waals surface area contributed by atoms with Gasteiger partial charge in [0.05, 0.1) is 0 Å². The molecule has 1 heterocycles. The zero-order chi connectivity index (χ0) is 12.1. The number of nitrogens with one attached hydrogen (secondary N) is 1. The molecule has 0 aliphatic rings. The van der Waals surface area contributed by atoms with Crippen LogP contribution in [0.5, 0.6) is 0 Å². The van der Waals surface area contributed by atoms with E-state index in [1.807, 2.05) is 4.57 Å². The van der Waals surface area contributed by atoms with Crippen molar-refractivity contribution in [1.29, 1.82) is 0 Å². The van der Waals surface area contributed by atoms with Crippen LogP contribution in [-0.2, 0) is 0 Å². The molecule has 0 spiro atoms.